The summed E-state index contributed by atoms with van der Waals surface area (Å²) in [6.07, 6.45) is 4.74. The molecule has 0 bridgehead atoms. The summed E-state index contributed by atoms with van der Waals surface area (Å²) in [6, 6.07) is 0. The maximum Gasteiger partial charge on any atom is 0.0830 e. The van der Waals surface area contributed by atoms with E-state index in [0.717, 1.165) is 26.2 Å². The molecule has 0 aromatic carbocycles. The average Bonchev–Trinajstić information content (AvgIpc) is 1.84. The maximum atomic E-state index is 5.32. The van der Waals surface area contributed by atoms with Crippen LogP contribution in [-0.4, -0.2) is 25.9 Å². The molecule has 1 aliphatic rings. The van der Waals surface area contributed by atoms with Crippen molar-refractivity contribution >= 4 is 0 Å². The first-order valence-electron chi connectivity index (χ1n) is 3.90. The van der Waals surface area contributed by atoms with Gasteiger partial charge in [-0.3, -0.25) is 0 Å². The number of hydrogen-bond acceptors (Lipinski definition) is 2. The number of ether oxygens (including phenoxy) is 2. The fourth-order valence-electron chi connectivity index (χ4n) is 0.832. The summed E-state index contributed by atoms with van der Waals surface area (Å²) >= 11 is 0. The smallest absolute Gasteiger partial charge is 0.0830 e. The van der Waals surface area contributed by atoms with Gasteiger partial charge in [-0.25, -0.2) is 0 Å². The number of hydrogen-bond donors (Lipinski definition) is 0. The van der Waals surface area contributed by atoms with Crippen LogP contribution in [0.4, 0.5) is 0 Å². The van der Waals surface area contributed by atoms with Crippen LogP contribution in [0.3, 0.4) is 0 Å². The summed E-state index contributed by atoms with van der Waals surface area (Å²) in [7, 11) is 0. The van der Waals surface area contributed by atoms with E-state index in [1.807, 2.05) is 6.92 Å². The van der Waals surface area contributed by atoms with E-state index in [9.17, 15) is 0 Å². The zero-order valence-electron chi connectivity index (χ0n) is 6.51. The van der Waals surface area contributed by atoms with E-state index in [4.69, 9.17) is 9.47 Å². The molecule has 0 N–H and O–H groups in total. The fraction of sp³-hybridized carbons (Fsp3) is 0.875. The van der Waals surface area contributed by atoms with Crippen LogP contribution in [-0.2, 0) is 9.47 Å². The molecule has 1 fully saturated rings. The molecule has 1 unspecified atom stereocenters. The molecule has 1 saturated heterocycles. The molecule has 0 amide bonds. The summed E-state index contributed by atoms with van der Waals surface area (Å²) in [5, 5.41) is 0. The molecule has 0 aromatic rings. The second kappa shape index (κ2) is 4.69. The highest BCUT2D eigenvalue weighted by Gasteiger charge is 2.17. The average molecular weight is 143 g/mol. The lowest BCUT2D eigenvalue weighted by atomic mass is 10.2. The van der Waals surface area contributed by atoms with Crippen molar-refractivity contribution in [2.75, 3.05) is 19.8 Å². The fourth-order valence-corrected chi connectivity index (χ4v) is 0.832. The van der Waals surface area contributed by atoms with Crippen LogP contribution in [0.2, 0.25) is 0 Å². The number of unbranched alkanes of at least 4 members (excludes halogenated alkanes) is 1. The molecule has 1 aliphatic heterocycles. The molecule has 0 saturated carbocycles. The molecular formula is C8H15O2. The zero-order valence-corrected chi connectivity index (χ0v) is 6.51. The lowest BCUT2D eigenvalue weighted by Crippen LogP contribution is -2.31. The predicted octanol–water partition coefficient (Wildman–Crippen LogP) is 1.41. The molecule has 1 rings (SSSR count). The first-order valence-corrected chi connectivity index (χ1v) is 3.90. The van der Waals surface area contributed by atoms with Crippen LogP contribution in [0.1, 0.15) is 19.8 Å². The lowest BCUT2D eigenvalue weighted by molar-refractivity contribution is -0.0933. The van der Waals surface area contributed by atoms with Gasteiger partial charge < -0.3 is 9.47 Å². The van der Waals surface area contributed by atoms with Crippen molar-refractivity contribution < 1.29 is 9.47 Å². The molecule has 0 aromatic heterocycles. The minimum atomic E-state index is 0.400. The van der Waals surface area contributed by atoms with Crippen molar-refractivity contribution in [3.63, 3.8) is 0 Å². The van der Waals surface area contributed by atoms with Gasteiger partial charge in [-0.15, -0.1) is 0 Å². The summed E-state index contributed by atoms with van der Waals surface area (Å²) in [6.45, 7) is 4.60. The Morgan fingerprint density at radius 1 is 1.70 bits per heavy atom. The van der Waals surface area contributed by atoms with Crippen LogP contribution in [0, 0.1) is 6.42 Å². The standard InChI is InChI=1S/C8H15O2/c1-2-3-5-9-7-8-4-6-10-8/h2,8H,3-7H2,1H3. The lowest BCUT2D eigenvalue weighted by Gasteiger charge is -2.25. The van der Waals surface area contributed by atoms with Crippen LogP contribution < -0.4 is 0 Å². The Hall–Kier alpha value is -0.0800. The molecule has 0 spiro atoms. The van der Waals surface area contributed by atoms with Gasteiger partial charge in [0, 0.05) is 13.2 Å². The molecule has 0 aliphatic carbocycles. The highest BCUT2D eigenvalue weighted by Crippen LogP contribution is 2.10. The Labute approximate surface area is 62.5 Å². The van der Waals surface area contributed by atoms with Gasteiger partial charge in [0.25, 0.3) is 0 Å². The second-order valence-corrected chi connectivity index (χ2v) is 2.55. The van der Waals surface area contributed by atoms with Crippen LogP contribution in [0.25, 0.3) is 0 Å². The monoisotopic (exact) mass is 143 g/mol. The largest absolute Gasteiger partial charge is 0.379 e. The normalized spacial score (nSPS) is 24.3. The highest BCUT2D eigenvalue weighted by atomic mass is 16.5. The van der Waals surface area contributed by atoms with Gasteiger partial charge in [-0.1, -0.05) is 6.92 Å². The molecular weight excluding hydrogens is 128 g/mol. The van der Waals surface area contributed by atoms with Crippen molar-refractivity contribution in [2.45, 2.75) is 25.9 Å². The van der Waals surface area contributed by atoms with Gasteiger partial charge in [0.15, 0.2) is 0 Å². The predicted molar refractivity (Wildman–Crippen MR) is 39.8 cm³/mol. The summed E-state index contributed by atoms with van der Waals surface area (Å²) in [5.74, 6) is 0. The van der Waals surface area contributed by atoms with Crippen LogP contribution in [0.5, 0.6) is 0 Å². The van der Waals surface area contributed by atoms with E-state index in [0.29, 0.717) is 6.10 Å². The van der Waals surface area contributed by atoms with Gasteiger partial charge in [-0.05, 0) is 19.3 Å². The topological polar surface area (TPSA) is 18.5 Å². The molecule has 2 nitrogen and oxygen atoms in total. The Morgan fingerprint density at radius 2 is 2.50 bits per heavy atom. The van der Waals surface area contributed by atoms with Crippen LogP contribution in [0.15, 0.2) is 0 Å². The van der Waals surface area contributed by atoms with E-state index in [-0.39, 0.29) is 0 Å². The number of rotatable bonds is 5. The Bertz CT molecular complexity index is 79.3. The Balaban J connectivity index is 1.76. The minimum Gasteiger partial charge on any atom is -0.379 e. The third-order valence-electron chi connectivity index (χ3n) is 1.65. The summed E-state index contributed by atoms with van der Waals surface area (Å²) in [5.41, 5.74) is 0. The molecule has 10 heavy (non-hydrogen) atoms. The first kappa shape index (κ1) is 8.02. The van der Waals surface area contributed by atoms with Gasteiger partial charge in [0.05, 0.1) is 12.7 Å². The van der Waals surface area contributed by atoms with E-state index < -0.39 is 0 Å². The van der Waals surface area contributed by atoms with Crippen molar-refractivity contribution in [3.8, 4) is 0 Å². The van der Waals surface area contributed by atoms with Crippen LogP contribution >= 0.6 is 0 Å². The highest BCUT2D eigenvalue weighted by molar-refractivity contribution is 4.65. The van der Waals surface area contributed by atoms with E-state index in [1.54, 1.807) is 0 Å². The maximum absolute atomic E-state index is 5.32. The third-order valence-corrected chi connectivity index (χ3v) is 1.65. The molecule has 1 atom stereocenters. The Kier molecular flexibility index (Phi) is 3.76. The van der Waals surface area contributed by atoms with Gasteiger partial charge in [0.1, 0.15) is 0 Å². The summed E-state index contributed by atoms with van der Waals surface area (Å²) < 4.78 is 10.5. The van der Waals surface area contributed by atoms with E-state index >= 15 is 0 Å². The zero-order chi connectivity index (χ0) is 7.23. The third kappa shape index (κ3) is 2.67. The molecule has 1 heterocycles. The first-order chi connectivity index (χ1) is 4.93. The molecule has 2 heteroatoms. The minimum absolute atomic E-state index is 0.400. The second-order valence-electron chi connectivity index (χ2n) is 2.55. The molecule has 59 valence electrons. The SMILES string of the molecule is C[CH]CCOCC1CCO1. The summed E-state index contributed by atoms with van der Waals surface area (Å²) in [4.78, 5) is 0. The van der Waals surface area contributed by atoms with Crippen molar-refractivity contribution in [2.24, 2.45) is 0 Å². The van der Waals surface area contributed by atoms with Gasteiger partial charge in [-0.2, -0.15) is 0 Å². The van der Waals surface area contributed by atoms with E-state index in [1.165, 1.54) is 6.42 Å². The quantitative estimate of drug-likeness (QED) is 0.542. The van der Waals surface area contributed by atoms with Crippen molar-refractivity contribution in [1.29, 1.82) is 0 Å². The van der Waals surface area contributed by atoms with Crippen molar-refractivity contribution in [3.05, 3.63) is 6.42 Å². The van der Waals surface area contributed by atoms with E-state index in [2.05, 4.69) is 6.42 Å². The molecule has 1 radical (unpaired) electrons. The van der Waals surface area contributed by atoms with Gasteiger partial charge in [0.2, 0.25) is 0 Å². The van der Waals surface area contributed by atoms with Crippen molar-refractivity contribution in [1.82, 2.24) is 0 Å². The van der Waals surface area contributed by atoms with Gasteiger partial charge >= 0.3 is 0 Å². The Morgan fingerprint density at radius 3 is 3.00 bits per heavy atom.